The highest BCUT2D eigenvalue weighted by molar-refractivity contribution is 5.42. The average molecular weight is 368 g/mol. The largest absolute Gasteiger partial charge is 0.459 e. The minimum atomic E-state index is 0.462. The number of aromatic nitrogens is 2. The molecule has 0 amide bonds. The van der Waals surface area contributed by atoms with Gasteiger partial charge in [0.15, 0.2) is 12.3 Å². The van der Waals surface area contributed by atoms with Crippen molar-refractivity contribution in [2.24, 2.45) is 0 Å². The van der Waals surface area contributed by atoms with Crippen LogP contribution in [0.15, 0.2) is 51.5 Å². The van der Waals surface area contributed by atoms with Crippen LogP contribution in [0.2, 0.25) is 0 Å². The van der Waals surface area contributed by atoms with E-state index < -0.39 is 0 Å². The highest BCUT2D eigenvalue weighted by Crippen LogP contribution is 2.17. The molecule has 0 unspecified atom stereocenters. The summed E-state index contributed by atoms with van der Waals surface area (Å²) in [6, 6.07) is 12.8. The number of nitrogens with one attached hydrogen (secondary N) is 2. The van der Waals surface area contributed by atoms with Gasteiger partial charge in [-0.15, -0.1) is 10.2 Å². The fourth-order valence-electron chi connectivity index (χ4n) is 3.66. The van der Waals surface area contributed by atoms with Gasteiger partial charge in [0.05, 0.1) is 6.26 Å². The zero-order chi connectivity index (χ0) is 18.6. The molecule has 6 nitrogen and oxygen atoms in total. The first kappa shape index (κ1) is 17.9. The van der Waals surface area contributed by atoms with Crippen molar-refractivity contribution in [2.75, 3.05) is 26.2 Å². The number of hydrogen-bond donors (Lipinski definition) is 2. The van der Waals surface area contributed by atoms with Gasteiger partial charge in [-0.25, -0.2) is 0 Å². The molecule has 1 aliphatic heterocycles. The fourth-order valence-corrected chi connectivity index (χ4v) is 3.66. The number of rotatable bonds is 6. The molecule has 2 N–H and O–H groups in total. The van der Waals surface area contributed by atoms with Crippen LogP contribution in [0.4, 0.5) is 0 Å². The molecule has 1 aromatic carbocycles. The smallest absolute Gasteiger partial charge is 0.283 e. The summed E-state index contributed by atoms with van der Waals surface area (Å²) in [4.78, 5) is 3.15. The van der Waals surface area contributed by atoms with Crippen LogP contribution >= 0.6 is 0 Å². The minimum Gasteiger partial charge on any atom is -0.459 e. The van der Waals surface area contributed by atoms with E-state index in [0.29, 0.717) is 23.5 Å². The first-order chi connectivity index (χ1) is 13.2. The maximum atomic E-state index is 5.74. The van der Waals surface area contributed by atoms with Gasteiger partial charge in [0.1, 0.15) is 32.7 Å². The second-order valence-electron chi connectivity index (χ2n) is 7.73. The van der Waals surface area contributed by atoms with Crippen molar-refractivity contribution in [2.45, 2.75) is 32.9 Å². The van der Waals surface area contributed by atoms with Crippen LogP contribution in [0, 0.1) is 0 Å². The van der Waals surface area contributed by atoms with Crippen LogP contribution in [0.1, 0.15) is 36.8 Å². The molecule has 6 heteroatoms. The van der Waals surface area contributed by atoms with Crippen LogP contribution in [0.5, 0.6) is 0 Å². The summed E-state index contributed by atoms with van der Waals surface area (Å²) in [5, 5.41) is 8.26. The quantitative estimate of drug-likeness (QED) is 0.680. The maximum absolute atomic E-state index is 5.74. The lowest BCUT2D eigenvalue weighted by atomic mass is 10.0. The molecule has 3 heterocycles. The minimum absolute atomic E-state index is 0.462. The lowest BCUT2D eigenvalue weighted by Gasteiger charge is -2.29. The van der Waals surface area contributed by atoms with Gasteiger partial charge in [0, 0.05) is 5.56 Å². The van der Waals surface area contributed by atoms with Crippen LogP contribution < -0.4 is 9.80 Å². The molecule has 0 saturated carbocycles. The molecule has 27 heavy (non-hydrogen) atoms. The standard InChI is InChI=1S/C21H26N4O2/c1-16(2)18-7-5-17(6-8-18)14-24-9-11-25(12-10-24)15-20-22-23-21(27-20)19-4-3-13-26-19/h3-8,13,16H,9-12,14-15H2,1-2H3/p+2. The lowest BCUT2D eigenvalue weighted by Crippen LogP contribution is -3.27. The number of furan rings is 1. The molecule has 2 aromatic heterocycles. The Morgan fingerprint density at radius 1 is 0.926 bits per heavy atom. The number of quaternary nitrogens is 2. The summed E-state index contributed by atoms with van der Waals surface area (Å²) in [7, 11) is 0. The van der Waals surface area contributed by atoms with Gasteiger partial charge in [0.2, 0.25) is 0 Å². The Kier molecular flexibility index (Phi) is 5.36. The van der Waals surface area contributed by atoms with Crippen molar-refractivity contribution in [1.29, 1.82) is 0 Å². The SMILES string of the molecule is CC(C)c1ccc(C[NH+]2CC[NH+](Cc3nnc(-c4ccco4)o3)CC2)cc1. The van der Waals surface area contributed by atoms with E-state index in [-0.39, 0.29) is 0 Å². The first-order valence-electron chi connectivity index (χ1n) is 9.79. The van der Waals surface area contributed by atoms with Crippen molar-refractivity contribution in [1.82, 2.24) is 10.2 Å². The van der Waals surface area contributed by atoms with E-state index in [0.717, 1.165) is 26.2 Å². The second-order valence-corrected chi connectivity index (χ2v) is 7.73. The van der Waals surface area contributed by atoms with Crippen LogP contribution in [-0.4, -0.2) is 36.4 Å². The maximum Gasteiger partial charge on any atom is 0.283 e. The predicted octanol–water partition coefficient (Wildman–Crippen LogP) is 0.937. The third-order valence-corrected chi connectivity index (χ3v) is 5.36. The summed E-state index contributed by atoms with van der Waals surface area (Å²) < 4.78 is 11.0. The van der Waals surface area contributed by atoms with Gasteiger partial charge >= 0.3 is 0 Å². The van der Waals surface area contributed by atoms with E-state index >= 15 is 0 Å². The molecule has 4 rings (SSSR count). The summed E-state index contributed by atoms with van der Waals surface area (Å²) in [5.41, 5.74) is 2.84. The molecule has 0 aliphatic carbocycles. The molecule has 1 saturated heterocycles. The Balaban J connectivity index is 1.26. The predicted molar refractivity (Wildman–Crippen MR) is 101 cm³/mol. The molecular weight excluding hydrogens is 340 g/mol. The molecule has 0 bridgehead atoms. The normalized spacial score (nSPS) is 20.3. The Labute approximate surface area is 159 Å². The van der Waals surface area contributed by atoms with Gasteiger partial charge in [-0.05, 0) is 23.6 Å². The number of benzene rings is 1. The molecule has 0 atom stereocenters. The molecular formula is C21H28N4O2+2. The molecule has 1 fully saturated rings. The van der Waals surface area contributed by atoms with Gasteiger partial charge < -0.3 is 18.6 Å². The third kappa shape index (κ3) is 4.46. The van der Waals surface area contributed by atoms with Crippen LogP contribution in [0.3, 0.4) is 0 Å². The van der Waals surface area contributed by atoms with E-state index in [9.17, 15) is 0 Å². The van der Waals surface area contributed by atoms with E-state index in [1.165, 1.54) is 29.1 Å². The van der Waals surface area contributed by atoms with Crippen LogP contribution in [-0.2, 0) is 13.1 Å². The fraction of sp³-hybridized carbons (Fsp3) is 0.429. The zero-order valence-electron chi connectivity index (χ0n) is 16.1. The summed E-state index contributed by atoms with van der Waals surface area (Å²) in [6.45, 7) is 10.9. The Morgan fingerprint density at radius 2 is 1.63 bits per heavy atom. The number of hydrogen-bond acceptors (Lipinski definition) is 4. The van der Waals surface area contributed by atoms with Crippen molar-refractivity contribution in [3.05, 3.63) is 59.7 Å². The summed E-state index contributed by atoms with van der Waals surface area (Å²) in [5.74, 6) is 2.37. The Hall–Kier alpha value is -2.44. The summed E-state index contributed by atoms with van der Waals surface area (Å²) in [6.07, 6.45) is 1.61. The molecule has 0 radical (unpaired) electrons. The van der Waals surface area contributed by atoms with Crippen molar-refractivity contribution >= 4 is 0 Å². The van der Waals surface area contributed by atoms with Gasteiger partial charge in [-0.2, -0.15) is 0 Å². The van der Waals surface area contributed by atoms with Gasteiger partial charge in [0.25, 0.3) is 11.8 Å². The Bertz CT molecular complexity index is 831. The molecule has 142 valence electrons. The number of nitrogens with zero attached hydrogens (tertiary/aromatic N) is 2. The molecule has 1 aliphatic rings. The third-order valence-electron chi connectivity index (χ3n) is 5.36. The topological polar surface area (TPSA) is 60.9 Å². The number of piperazine rings is 1. The molecule has 0 spiro atoms. The highest BCUT2D eigenvalue weighted by atomic mass is 16.4. The average Bonchev–Trinajstić information content (AvgIpc) is 3.35. The first-order valence-corrected chi connectivity index (χ1v) is 9.79. The van der Waals surface area contributed by atoms with E-state index in [1.807, 2.05) is 12.1 Å². The monoisotopic (exact) mass is 368 g/mol. The zero-order valence-corrected chi connectivity index (χ0v) is 16.1. The van der Waals surface area contributed by atoms with Crippen molar-refractivity contribution in [3.8, 4) is 11.7 Å². The van der Waals surface area contributed by atoms with Crippen LogP contribution in [0.25, 0.3) is 11.7 Å². The van der Waals surface area contributed by atoms with Crippen molar-refractivity contribution < 1.29 is 18.6 Å². The van der Waals surface area contributed by atoms with Crippen molar-refractivity contribution in [3.63, 3.8) is 0 Å². The second kappa shape index (κ2) is 8.06. The van der Waals surface area contributed by atoms with Gasteiger partial charge in [-0.1, -0.05) is 38.1 Å². The highest BCUT2D eigenvalue weighted by Gasteiger charge is 2.25. The van der Waals surface area contributed by atoms with E-state index in [1.54, 1.807) is 11.2 Å². The summed E-state index contributed by atoms with van der Waals surface area (Å²) >= 11 is 0. The van der Waals surface area contributed by atoms with E-state index in [2.05, 4.69) is 48.3 Å². The molecule has 3 aromatic rings. The van der Waals surface area contributed by atoms with Gasteiger partial charge in [-0.3, -0.25) is 0 Å². The lowest BCUT2D eigenvalue weighted by molar-refractivity contribution is -1.02. The van der Waals surface area contributed by atoms with E-state index in [4.69, 9.17) is 8.83 Å². The Morgan fingerprint density at radius 3 is 2.26 bits per heavy atom.